The maximum atomic E-state index is 12.1. The molecule has 1 atom stereocenters. The van der Waals surface area contributed by atoms with E-state index in [9.17, 15) is 9.59 Å². The molecule has 1 amide bonds. The first kappa shape index (κ1) is 15.4. The number of aliphatic carboxylic acids is 1. The predicted molar refractivity (Wildman–Crippen MR) is 79.6 cm³/mol. The molecular formula is C15H16ClNO4. The molecule has 0 saturated heterocycles. The van der Waals surface area contributed by atoms with E-state index in [1.54, 1.807) is 24.3 Å². The first-order valence-electron chi connectivity index (χ1n) is 6.59. The van der Waals surface area contributed by atoms with E-state index in [0.29, 0.717) is 22.4 Å². The van der Waals surface area contributed by atoms with Crippen molar-refractivity contribution in [3.05, 3.63) is 35.0 Å². The molecule has 1 aromatic carbocycles. The van der Waals surface area contributed by atoms with Gasteiger partial charge in [-0.3, -0.25) is 4.79 Å². The van der Waals surface area contributed by atoms with Gasteiger partial charge in [0.15, 0.2) is 5.76 Å². The minimum absolute atomic E-state index is 0.0715. The molecule has 0 spiro atoms. The maximum Gasteiger partial charge on any atom is 0.326 e. The third-order valence-electron chi connectivity index (χ3n) is 3.01. The predicted octanol–water partition coefficient (Wildman–Crippen LogP) is 3.32. The Kier molecular flexibility index (Phi) is 4.53. The van der Waals surface area contributed by atoms with Gasteiger partial charge in [0.25, 0.3) is 5.91 Å². The lowest BCUT2D eigenvalue weighted by molar-refractivity contribution is -0.139. The number of hydrogen-bond acceptors (Lipinski definition) is 3. The van der Waals surface area contributed by atoms with Crippen molar-refractivity contribution < 1.29 is 19.1 Å². The minimum Gasteiger partial charge on any atom is -0.480 e. The van der Waals surface area contributed by atoms with E-state index in [2.05, 4.69) is 5.32 Å². The molecule has 0 unspecified atom stereocenters. The zero-order chi connectivity index (χ0) is 15.6. The molecule has 0 fully saturated rings. The highest BCUT2D eigenvalue weighted by Crippen LogP contribution is 2.23. The van der Waals surface area contributed by atoms with Crippen LogP contribution in [-0.4, -0.2) is 23.0 Å². The molecule has 6 heteroatoms. The fourth-order valence-corrected chi connectivity index (χ4v) is 2.23. The van der Waals surface area contributed by atoms with Gasteiger partial charge < -0.3 is 14.8 Å². The van der Waals surface area contributed by atoms with Gasteiger partial charge in [0.2, 0.25) is 0 Å². The van der Waals surface area contributed by atoms with Crippen molar-refractivity contribution in [2.24, 2.45) is 5.92 Å². The number of rotatable bonds is 5. The number of hydrogen-bond donors (Lipinski definition) is 2. The standard InChI is InChI=1S/C15H16ClNO4/c1-8(2)5-11(15(19)20)17-14(18)13-7-9-6-10(16)3-4-12(9)21-13/h3-4,6-8,11H,5H2,1-2H3,(H,17,18)(H,19,20)/t11-/m0/s1. The van der Waals surface area contributed by atoms with Crippen LogP contribution in [0.15, 0.2) is 28.7 Å². The quantitative estimate of drug-likeness (QED) is 0.888. The van der Waals surface area contributed by atoms with Gasteiger partial charge in [-0.15, -0.1) is 0 Å². The van der Waals surface area contributed by atoms with E-state index in [-0.39, 0.29) is 11.7 Å². The molecule has 5 nitrogen and oxygen atoms in total. The van der Waals surface area contributed by atoms with Gasteiger partial charge in [-0.05, 0) is 36.6 Å². The van der Waals surface area contributed by atoms with E-state index in [0.717, 1.165) is 0 Å². The summed E-state index contributed by atoms with van der Waals surface area (Å²) in [6, 6.07) is 5.62. The molecule has 2 rings (SSSR count). The monoisotopic (exact) mass is 309 g/mol. The molecule has 2 aromatic rings. The summed E-state index contributed by atoms with van der Waals surface area (Å²) in [5, 5.41) is 12.8. The lowest BCUT2D eigenvalue weighted by Crippen LogP contribution is -2.41. The van der Waals surface area contributed by atoms with Crippen LogP contribution < -0.4 is 5.32 Å². The number of carboxylic acids is 1. The van der Waals surface area contributed by atoms with Gasteiger partial charge in [-0.2, -0.15) is 0 Å². The number of carboxylic acid groups (broad SMARTS) is 1. The Hall–Kier alpha value is -2.01. The van der Waals surface area contributed by atoms with Crippen LogP contribution in [0.1, 0.15) is 30.8 Å². The van der Waals surface area contributed by atoms with Crippen LogP contribution in [0.4, 0.5) is 0 Å². The van der Waals surface area contributed by atoms with Crippen molar-refractivity contribution in [1.29, 1.82) is 0 Å². The largest absolute Gasteiger partial charge is 0.480 e. The topological polar surface area (TPSA) is 79.5 Å². The number of nitrogens with one attached hydrogen (secondary N) is 1. The average Bonchev–Trinajstić information content (AvgIpc) is 2.80. The van der Waals surface area contributed by atoms with Crippen molar-refractivity contribution in [3.63, 3.8) is 0 Å². The van der Waals surface area contributed by atoms with Gasteiger partial charge in [0, 0.05) is 10.4 Å². The summed E-state index contributed by atoms with van der Waals surface area (Å²) >= 11 is 5.87. The zero-order valence-electron chi connectivity index (χ0n) is 11.7. The lowest BCUT2D eigenvalue weighted by atomic mass is 10.0. The maximum absolute atomic E-state index is 12.1. The van der Waals surface area contributed by atoms with Gasteiger partial charge >= 0.3 is 5.97 Å². The SMILES string of the molecule is CC(C)C[C@H](NC(=O)c1cc2cc(Cl)ccc2o1)C(=O)O. The Balaban J connectivity index is 2.19. The Morgan fingerprint density at radius 2 is 2.05 bits per heavy atom. The summed E-state index contributed by atoms with van der Waals surface area (Å²) in [4.78, 5) is 23.3. The molecule has 2 N–H and O–H groups in total. The van der Waals surface area contributed by atoms with Crippen LogP contribution in [0, 0.1) is 5.92 Å². The van der Waals surface area contributed by atoms with Gasteiger partial charge in [-0.25, -0.2) is 4.79 Å². The summed E-state index contributed by atoms with van der Waals surface area (Å²) < 4.78 is 5.41. The van der Waals surface area contributed by atoms with Crippen molar-refractivity contribution in [2.45, 2.75) is 26.3 Å². The fraction of sp³-hybridized carbons (Fsp3) is 0.333. The lowest BCUT2D eigenvalue weighted by Gasteiger charge is -2.15. The Labute approximate surface area is 126 Å². The van der Waals surface area contributed by atoms with Gasteiger partial charge in [0.1, 0.15) is 11.6 Å². The second kappa shape index (κ2) is 6.18. The number of amides is 1. The summed E-state index contributed by atoms with van der Waals surface area (Å²) in [6.07, 6.45) is 0.354. The molecule has 0 aliphatic rings. The second-order valence-electron chi connectivity index (χ2n) is 5.29. The van der Waals surface area contributed by atoms with E-state index < -0.39 is 17.9 Å². The van der Waals surface area contributed by atoms with Crippen molar-refractivity contribution in [3.8, 4) is 0 Å². The van der Waals surface area contributed by atoms with Crippen LogP contribution >= 0.6 is 11.6 Å². The molecule has 0 aliphatic heterocycles. The van der Waals surface area contributed by atoms with Crippen molar-refractivity contribution >= 4 is 34.4 Å². The summed E-state index contributed by atoms with van der Waals surface area (Å²) in [7, 11) is 0. The number of benzene rings is 1. The van der Waals surface area contributed by atoms with Crippen LogP contribution in [0.3, 0.4) is 0 Å². The van der Waals surface area contributed by atoms with Crippen molar-refractivity contribution in [2.75, 3.05) is 0 Å². The zero-order valence-corrected chi connectivity index (χ0v) is 12.5. The highest BCUT2D eigenvalue weighted by molar-refractivity contribution is 6.31. The Morgan fingerprint density at radius 1 is 1.33 bits per heavy atom. The molecule has 0 bridgehead atoms. The average molecular weight is 310 g/mol. The van der Waals surface area contributed by atoms with E-state index in [1.807, 2.05) is 13.8 Å². The molecule has 1 aromatic heterocycles. The van der Waals surface area contributed by atoms with Crippen LogP contribution in [0.25, 0.3) is 11.0 Å². The number of halogens is 1. The first-order chi connectivity index (χ1) is 9.86. The third-order valence-corrected chi connectivity index (χ3v) is 3.25. The smallest absolute Gasteiger partial charge is 0.326 e. The summed E-state index contributed by atoms with van der Waals surface area (Å²) in [5.74, 6) is -1.38. The van der Waals surface area contributed by atoms with E-state index in [4.69, 9.17) is 21.1 Å². The Morgan fingerprint density at radius 3 is 2.67 bits per heavy atom. The van der Waals surface area contributed by atoms with Crippen LogP contribution in [0.5, 0.6) is 0 Å². The number of carbonyl (C=O) groups excluding carboxylic acids is 1. The third kappa shape index (κ3) is 3.76. The van der Waals surface area contributed by atoms with E-state index in [1.165, 1.54) is 0 Å². The molecule has 0 saturated carbocycles. The molecule has 21 heavy (non-hydrogen) atoms. The fourth-order valence-electron chi connectivity index (χ4n) is 2.05. The number of fused-ring (bicyclic) bond motifs is 1. The molecular weight excluding hydrogens is 294 g/mol. The number of carbonyl (C=O) groups is 2. The molecule has 1 heterocycles. The first-order valence-corrected chi connectivity index (χ1v) is 6.97. The summed E-state index contributed by atoms with van der Waals surface area (Å²) in [5.41, 5.74) is 0.528. The minimum atomic E-state index is -1.06. The normalized spacial score (nSPS) is 12.6. The number of furan rings is 1. The highest BCUT2D eigenvalue weighted by Gasteiger charge is 2.23. The van der Waals surface area contributed by atoms with Crippen molar-refractivity contribution in [1.82, 2.24) is 5.32 Å². The highest BCUT2D eigenvalue weighted by atomic mass is 35.5. The van der Waals surface area contributed by atoms with E-state index >= 15 is 0 Å². The van der Waals surface area contributed by atoms with Crippen LogP contribution in [0.2, 0.25) is 5.02 Å². The van der Waals surface area contributed by atoms with Gasteiger partial charge in [-0.1, -0.05) is 25.4 Å². The Bertz CT molecular complexity index is 677. The van der Waals surface area contributed by atoms with Crippen LogP contribution in [-0.2, 0) is 4.79 Å². The molecule has 112 valence electrons. The second-order valence-corrected chi connectivity index (χ2v) is 5.72. The van der Waals surface area contributed by atoms with Gasteiger partial charge in [0.05, 0.1) is 0 Å². The molecule has 0 aliphatic carbocycles. The summed E-state index contributed by atoms with van der Waals surface area (Å²) in [6.45, 7) is 3.79. The molecule has 0 radical (unpaired) electrons.